The van der Waals surface area contributed by atoms with Crippen LogP contribution in [0.2, 0.25) is 5.02 Å². The molecule has 0 radical (unpaired) electrons. The number of rotatable bonds is 5. The molecule has 1 rings (SSSR count). The molecule has 1 atom stereocenters. The van der Waals surface area contributed by atoms with Crippen molar-refractivity contribution in [2.45, 2.75) is 52.9 Å². The van der Waals surface area contributed by atoms with Crippen LogP contribution in [-0.4, -0.2) is 12.2 Å². The average Bonchev–Trinajstić information content (AvgIpc) is 2.19. The van der Waals surface area contributed by atoms with Gasteiger partial charge in [-0.2, -0.15) is 0 Å². The van der Waals surface area contributed by atoms with Crippen molar-refractivity contribution in [2.24, 2.45) is 5.73 Å². The lowest BCUT2D eigenvalue weighted by atomic mass is 10.1. The van der Waals surface area contributed by atoms with Crippen molar-refractivity contribution in [3.05, 3.63) is 22.7 Å². The Morgan fingerprint density at radius 2 is 1.44 bits per heavy atom. The predicted molar refractivity (Wildman–Crippen MR) is 75.6 cm³/mol. The minimum absolute atomic E-state index is 0.0697. The molecule has 0 aromatic heterocycles. The van der Waals surface area contributed by atoms with Crippen LogP contribution < -0.4 is 15.2 Å². The second-order valence-electron chi connectivity index (χ2n) is 4.94. The van der Waals surface area contributed by atoms with E-state index in [0.717, 1.165) is 11.3 Å². The number of nitrogens with two attached hydrogens (primary N) is 1. The maximum absolute atomic E-state index is 6.19. The van der Waals surface area contributed by atoms with Gasteiger partial charge in [0, 0.05) is 17.7 Å². The maximum atomic E-state index is 6.19. The van der Waals surface area contributed by atoms with Crippen molar-refractivity contribution < 1.29 is 9.47 Å². The van der Waals surface area contributed by atoms with Gasteiger partial charge in [-0.1, -0.05) is 11.6 Å². The van der Waals surface area contributed by atoms with Gasteiger partial charge in [0.25, 0.3) is 0 Å². The van der Waals surface area contributed by atoms with E-state index in [1.807, 2.05) is 40.7 Å². The average molecular weight is 272 g/mol. The minimum Gasteiger partial charge on any atom is -0.491 e. The summed E-state index contributed by atoms with van der Waals surface area (Å²) >= 11 is 6.19. The van der Waals surface area contributed by atoms with E-state index in [2.05, 4.69) is 0 Å². The van der Waals surface area contributed by atoms with Crippen LogP contribution in [0, 0.1) is 0 Å². The third-order valence-electron chi connectivity index (χ3n) is 2.28. The van der Waals surface area contributed by atoms with Crippen LogP contribution in [-0.2, 0) is 0 Å². The Morgan fingerprint density at radius 1 is 0.944 bits per heavy atom. The lowest BCUT2D eigenvalue weighted by molar-refractivity contribution is 0.232. The summed E-state index contributed by atoms with van der Waals surface area (Å²) in [6, 6.07) is 3.51. The molecule has 0 bridgehead atoms. The molecular weight excluding hydrogens is 250 g/mol. The molecule has 102 valence electrons. The summed E-state index contributed by atoms with van der Waals surface area (Å²) in [6.07, 6.45) is 0.149. The molecule has 0 aliphatic carbocycles. The van der Waals surface area contributed by atoms with Gasteiger partial charge in [0.2, 0.25) is 0 Å². The molecule has 4 heteroatoms. The Bertz CT molecular complexity index is 403. The molecule has 1 unspecified atom stereocenters. The highest BCUT2D eigenvalue weighted by Gasteiger charge is 2.15. The SMILES string of the molecule is CC(C)Oc1cc(C(C)N)c(OC(C)C)cc1Cl. The van der Waals surface area contributed by atoms with E-state index in [0.29, 0.717) is 10.8 Å². The molecule has 0 fully saturated rings. The molecule has 18 heavy (non-hydrogen) atoms. The van der Waals surface area contributed by atoms with Crippen molar-refractivity contribution in [2.75, 3.05) is 0 Å². The van der Waals surface area contributed by atoms with Gasteiger partial charge in [-0.3, -0.25) is 0 Å². The largest absolute Gasteiger partial charge is 0.491 e. The summed E-state index contributed by atoms with van der Waals surface area (Å²) < 4.78 is 11.4. The first kappa shape index (κ1) is 15.1. The zero-order valence-electron chi connectivity index (χ0n) is 11.7. The lowest BCUT2D eigenvalue weighted by Crippen LogP contribution is -2.13. The number of hydrogen-bond donors (Lipinski definition) is 1. The first-order chi connectivity index (χ1) is 8.31. The molecule has 2 N–H and O–H groups in total. The highest BCUT2D eigenvalue weighted by Crippen LogP contribution is 2.36. The van der Waals surface area contributed by atoms with Gasteiger partial charge in [0.1, 0.15) is 11.5 Å². The molecule has 3 nitrogen and oxygen atoms in total. The van der Waals surface area contributed by atoms with Gasteiger partial charge in [-0.25, -0.2) is 0 Å². The smallest absolute Gasteiger partial charge is 0.138 e. The van der Waals surface area contributed by atoms with Crippen molar-refractivity contribution in [1.29, 1.82) is 0 Å². The Morgan fingerprint density at radius 3 is 1.89 bits per heavy atom. The van der Waals surface area contributed by atoms with Crippen LogP contribution in [0.1, 0.15) is 46.2 Å². The summed E-state index contributed by atoms with van der Waals surface area (Å²) in [5, 5.41) is 0.545. The normalized spacial score (nSPS) is 12.9. The van der Waals surface area contributed by atoms with E-state index >= 15 is 0 Å². The fourth-order valence-corrected chi connectivity index (χ4v) is 1.81. The second-order valence-corrected chi connectivity index (χ2v) is 5.35. The van der Waals surface area contributed by atoms with Crippen LogP contribution in [0.4, 0.5) is 0 Å². The lowest BCUT2D eigenvalue weighted by Gasteiger charge is -2.20. The Hall–Kier alpha value is -0.930. The third-order valence-corrected chi connectivity index (χ3v) is 2.58. The second kappa shape index (κ2) is 6.30. The van der Waals surface area contributed by atoms with Gasteiger partial charge in [0.05, 0.1) is 17.2 Å². The molecule has 0 saturated heterocycles. The number of halogens is 1. The Kier molecular flexibility index (Phi) is 5.29. The molecule has 1 aromatic rings. The molecule has 0 aliphatic heterocycles. The summed E-state index contributed by atoms with van der Waals surface area (Å²) in [5.41, 5.74) is 6.87. The summed E-state index contributed by atoms with van der Waals surface area (Å²) in [7, 11) is 0. The van der Waals surface area contributed by atoms with Crippen LogP contribution >= 0.6 is 11.6 Å². The summed E-state index contributed by atoms with van der Waals surface area (Å²) in [5.74, 6) is 1.37. The number of hydrogen-bond acceptors (Lipinski definition) is 3. The van der Waals surface area contributed by atoms with Crippen molar-refractivity contribution in [1.82, 2.24) is 0 Å². The monoisotopic (exact) mass is 271 g/mol. The summed E-state index contributed by atoms with van der Waals surface area (Å²) in [4.78, 5) is 0. The van der Waals surface area contributed by atoms with Gasteiger partial charge < -0.3 is 15.2 Å². The van der Waals surface area contributed by atoms with Crippen LogP contribution in [0.5, 0.6) is 11.5 Å². The third kappa shape index (κ3) is 4.07. The topological polar surface area (TPSA) is 44.5 Å². The fourth-order valence-electron chi connectivity index (χ4n) is 1.61. The maximum Gasteiger partial charge on any atom is 0.138 e. The van der Waals surface area contributed by atoms with E-state index in [4.69, 9.17) is 26.8 Å². The first-order valence-electron chi connectivity index (χ1n) is 6.23. The molecule has 0 heterocycles. The molecular formula is C14H22ClNO2. The van der Waals surface area contributed by atoms with Crippen molar-refractivity contribution in [3.8, 4) is 11.5 Å². The minimum atomic E-state index is -0.134. The van der Waals surface area contributed by atoms with Crippen LogP contribution in [0.25, 0.3) is 0 Å². The first-order valence-corrected chi connectivity index (χ1v) is 6.61. The van der Waals surface area contributed by atoms with E-state index in [-0.39, 0.29) is 18.2 Å². The number of benzene rings is 1. The van der Waals surface area contributed by atoms with Crippen LogP contribution in [0.3, 0.4) is 0 Å². The highest BCUT2D eigenvalue weighted by atomic mass is 35.5. The Balaban J connectivity index is 3.16. The molecule has 0 amide bonds. The van der Waals surface area contributed by atoms with E-state index in [9.17, 15) is 0 Å². The molecule has 0 aliphatic rings. The quantitative estimate of drug-likeness (QED) is 0.882. The van der Waals surface area contributed by atoms with Crippen molar-refractivity contribution in [3.63, 3.8) is 0 Å². The fraction of sp³-hybridized carbons (Fsp3) is 0.571. The van der Waals surface area contributed by atoms with Gasteiger partial charge >= 0.3 is 0 Å². The summed E-state index contributed by atoms with van der Waals surface area (Å²) in [6.45, 7) is 9.77. The highest BCUT2D eigenvalue weighted by molar-refractivity contribution is 6.32. The van der Waals surface area contributed by atoms with Gasteiger partial charge in [-0.15, -0.1) is 0 Å². The van der Waals surface area contributed by atoms with Crippen LogP contribution in [0.15, 0.2) is 12.1 Å². The number of ether oxygens (including phenoxy) is 2. The van der Waals surface area contributed by atoms with Gasteiger partial charge in [-0.05, 0) is 40.7 Å². The predicted octanol–water partition coefficient (Wildman–Crippen LogP) is 3.93. The zero-order chi connectivity index (χ0) is 13.9. The Labute approximate surface area is 114 Å². The van der Waals surface area contributed by atoms with E-state index in [1.54, 1.807) is 6.07 Å². The molecule has 0 spiro atoms. The zero-order valence-corrected chi connectivity index (χ0v) is 12.4. The van der Waals surface area contributed by atoms with Gasteiger partial charge in [0.15, 0.2) is 0 Å². The molecule has 1 aromatic carbocycles. The standard InChI is InChI=1S/C14H22ClNO2/c1-8(2)17-13-7-12(15)14(18-9(3)4)6-11(13)10(5)16/h6-10H,16H2,1-5H3. The van der Waals surface area contributed by atoms with Crippen molar-refractivity contribution >= 4 is 11.6 Å². The van der Waals surface area contributed by atoms with E-state index in [1.165, 1.54) is 0 Å². The van der Waals surface area contributed by atoms with E-state index < -0.39 is 0 Å². The molecule has 0 saturated carbocycles.